The zero-order valence-electron chi connectivity index (χ0n) is 21.1. The van der Waals surface area contributed by atoms with Gasteiger partial charge >= 0.3 is 6.03 Å². The Balaban J connectivity index is 1.35. The fourth-order valence-electron chi connectivity index (χ4n) is 5.79. The van der Waals surface area contributed by atoms with Crippen molar-refractivity contribution in [2.24, 2.45) is 0 Å². The monoisotopic (exact) mass is 485 g/mol. The van der Waals surface area contributed by atoms with Gasteiger partial charge in [-0.05, 0) is 55.1 Å². The van der Waals surface area contributed by atoms with Crippen LogP contribution in [0.15, 0.2) is 72.8 Å². The summed E-state index contributed by atoms with van der Waals surface area (Å²) in [7, 11) is 1.61. The van der Waals surface area contributed by atoms with Crippen LogP contribution in [0.1, 0.15) is 29.9 Å². The molecule has 5 rings (SSSR count). The first-order valence-electron chi connectivity index (χ1n) is 12.8. The van der Waals surface area contributed by atoms with E-state index in [1.165, 1.54) is 22.3 Å². The van der Waals surface area contributed by atoms with E-state index in [-0.39, 0.29) is 30.6 Å². The van der Waals surface area contributed by atoms with E-state index in [1.807, 2.05) is 29.2 Å². The number of carbonyl (C=O) groups excluding carboxylic acids is 1. The SMILES string of the molecule is COc1ccccc1NC(=O)N1CCCCN2[C@@H](CO)[C@@H](c3ccc(-c4cccc(C)c4)cc3)[C@@H]2C1. The lowest BCUT2D eigenvalue weighted by Gasteiger charge is -2.57. The molecule has 3 aromatic carbocycles. The highest BCUT2D eigenvalue weighted by atomic mass is 16.5. The molecule has 2 heterocycles. The largest absolute Gasteiger partial charge is 0.495 e. The number of urea groups is 1. The van der Waals surface area contributed by atoms with Crippen LogP contribution in [0.5, 0.6) is 5.75 Å². The Bertz CT molecular complexity index is 1200. The van der Waals surface area contributed by atoms with Crippen molar-refractivity contribution in [2.45, 2.75) is 37.8 Å². The number of para-hydroxylation sites is 2. The number of aliphatic hydroxyl groups is 1. The molecule has 0 aliphatic carbocycles. The van der Waals surface area contributed by atoms with Crippen LogP contribution >= 0.6 is 0 Å². The number of ether oxygens (including phenoxy) is 1. The highest BCUT2D eigenvalue weighted by Crippen LogP contribution is 2.42. The number of carbonyl (C=O) groups is 1. The van der Waals surface area contributed by atoms with Crippen LogP contribution < -0.4 is 10.1 Å². The maximum atomic E-state index is 13.3. The van der Waals surface area contributed by atoms with Gasteiger partial charge in [0, 0.05) is 31.1 Å². The van der Waals surface area contributed by atoms with Gasteiger partial charge in [-0.1, -0.05) is 66.2 Å². The molecular weight excluding hydrogens is 450 g/mol. The van der Waals surface area contributed by atoms with Gasteiger partial charge < -0.3 is 20.1 Å². The lowest BCUT2D eigenvalue weighted by molar-refractivity contribution is -0.0585. The molecule has 0 aromatic heterocycles. The predicted octanol–water partition coefficient (Wildman–Crippen LogP) is 5.13. The van der Waals surface area contributed by atoms with Crippen molar-refractivity contribution in [3.05, 3.63) is 83.9 Å². The first-order valence-corrected chi connectivity index (χ1v) is 12.8. The summed E-state index contributed by atoms with van der Waals surface area (Å²) >= 11 is 0. The number of hydrogen-bond donors (Lipinski definition) is 2. The number of anilines is 1. The summed E-state index contributed by atoms with van der Waals surface area (Å²) in [4.78, 5) is 17.6. The molecule has 3 atom stereocenters. The molecule has 0 bridgehead atoms. The van der Waals surface area contributed by atoms with Gasteiger partial charge in [-0.15, -0.1) is 0 Å². The van der Waals surface area contributed by atoms with Crippen molar-refractivity contribution < 1.29 is 14.6 Å². The van der Waals surface area contributed by atoms with Crippen molar-refractivity contribution in [1.29, 1.82) is 0 Å². The first kappa shape index (κ1) is 24.3. The van der Waals surface area contributed by atoms with Crippen molar-refractivity contribution in [2.75, 3.05) is 38.7 Å². The quantitative estimate of drug-likeness (QED) is 0.526. The van der Waals surface area contributed by atoms with Crippen molar-refractivity contribution in [3.63, 3.8) is 0 Å². The highest BCUT2D eigenvalue weighted by molar-refractivity contribution is 5.91. The summed E-state index contributed by atoms with van der Waals surface area (Å²) in [6.45, 7) is 4.52. The van der Waals surface area contributed by atoms with E-state index in [9.17, 15) is 9.90 Å². The minimum Gasteiger partial charge on any atom is -0.495 e. The summed E-state index contributed by atoms with van der Waals surface area (Å²) < 4.78 is 5.41. The molecule has 36 heavy (non-hydrogen) atoms. The third kappa shape index (κ3) is 4.84. The second-order valence-corrected chi connectivity index (χ2v) is 9.86. The lowest BCUT2D eigenvalue weighted by atomic mass is 9.74. The topological polar surface area (TPSA) is 65.0 Å². The lowest BCUT2D eigenvalue weighted by Crippen LogP contribution is -2.68. The minimum atomic E-state index is -0.109. The molecule has 6 heteroatoms. The van der Waals surface area contributed by atoms with Crippen molar-refractivity contribution >= 4 is 11.7 Å². The third-order valence-corrected chi connectivity index (χ3v) is 7.65. The van der Waals surface area contributed by atoms with Crippen LogP contribution in [0.3, 0.4) is 0 Å². The number of benzene rings is 3. The molecule has 0 saturated carbocycles. The van der Waals surface area contributed by atoms with E-state index in [1.54, 1.807) is 7.11 Å². The fourth-order valence-corrected chi connectivity index (χ4v) is 5.79. The number of aryl methyl sites for hydroxylation is 1. The second-order valence-electron chi connectivity index (χ2n) is 9.86. The normalized spacial score (nSPS) is 22.1. The molecule has 0 radical (unpaired) electrons. The average Bonchev–Trinajstić information content (AvgIpc) is 2.88. The van der Waals surface area contributed by atoms with E-state index in [0.29, 0.717) is 24.5 Å². The van der Waals surface area contributed by atoms with E-state index in [4.69, 9.17) is 4.74 Å². The standard InChI is InChI=1S/C30H35N3O3/c1-21-8-7-9-24(18-21)22-12-14-23(15-13-22)29-26-19-32(16-5-6-17-33(26)27(29)20-34)30(35)31-25-10-3-4-11-28(25)36-2/h3-4,7-15,18,26-27,29,34H,5-6,16-17,19-20H2,1-2H3,(H,31,35)/t26-,27-,29-/m0/s1. The van der Waals surface area contributed by atoms with Crippen LogP contribution in [0, 0.1) is 6.92 Å². The summed E-state index contributed by atoms with van der Waals surface area (Å²) in [6, 6.07) is 24.9. The molecule has 0 spiro atoms. The number of hydrogen-bond acceptors (Lipinski definition) is 4. The minimum absolute atomic E-state index is 0.0806. The number of fused-ring (bicyclic) bond motifs is 1. The van der Waals surface area contributed by atoms with Crippen molar-refractivity contribution in [3.8, 4) is 16.9 Å². The third-order valence-electron chi connectivity index (χ3n) is 7.65. The Morgan fingerprint density at radius 2 is 1.78 bits per heavy atom. The Labute approximate surface area is 213 Å². The van der Waals surface area contributed by atoms with E-state index >= 15 is 0 Å². The molecule has 3 aromatic rings. The number of nitrogens with zero attached hydrogens (tertiary/aromatic N) is 2. The van der Waals surface area contributed by atoms with Gasteiger partial charge in [-0.2, -0.15) is 0 Å². The van der Waals surface area contributed by atoms with Gasteiger partial charge in [0.2, 0.25) is 0 Å². The van der Waals surface area contributed by atoms with Gasteiger partial charge in [0.25, 0.3) is 0 Å². The molecule has 2 aliphatic heterocycles. The molecule has 0 unspecified atom stereocenters. The van der Waals surface area contributed by atoms with Gasteiger partial charge in [0.05, 0.1) is 19.4 Å². The molecule has 2 aliphatic rings. The first-order chi connectivity index (χ1) is 17.6. The Morgan fingerprint density at radius 3 is 2.53 bits per heavy atom. The van der Waals surface area contributed by atoms with Crippen LogP contribution in [0.4, 0.5) is 10.5 Å². The van der Waals surface area contributed by atoms with Gasteiger partial charge in [-0.25, -0.2) is 4.79 Å². The summed E-state index contributed by atoms with van der Waals surface area (Å²) in [6.07, 6.45) is 1.95. The van der Waals surface area contributed by atoms with E-state index < -0.39 is 0 Å². The summed E-state index contributed by atoms with van der Waals surface area (Å²) in [5.74, 6) is 0.830. The van der Waals surface area contributed by atoms with Crippen LogP contribution in [-0.4, -0.2) is 66.4 Å². The Morgan fingerprint density at radius 1 is 1.00 bits per heavy atom. The van der Waals surface area contributed by atoms with E-state index in [2.05, 4.69) is 65.7 Å². The Hall–Kier alpha value is -3.35. The van der Waals surface area contributed by atoms with Crippen LogP contribution in [0.25, 0.3) is 11.1 Å². The molecule has 2 saturated heterocycles. The second kappa shape index (κ2) is 10.7. The highest BCUT2D eigenvalue weighted by Gasteiger charge is 2.49. The average molecular weight is 486 g/mol. The van der Waals surface area contributed by atoms with Crippen molar-refractivity contribution in [1.82, 2.24) is 9.80 Å². The maximum Gasteiger partial charge on any atom is 0.322 e. The van der Waals surface area contributed by atoms with E-state index in [0.717, 1.165) is 19.4 Å². The number of nitrogens with one attached hydrogen (secondary N) is 1. The maximum absolute atomic E-state index is 13.3. The number of methoxy groups -OCH3 is 1. The van der Waals surface area contributed by atoms with Gasteiger partial charge in [0.15, 0.2) is 0 Å². The summed E-state index contributed by atoms with van der Waals surface area (Å²) in [5, 5.41) is 13.3. The molecule has 2 amide bonds. The zero-order chi connectivity index (χ0) is 25.1. The molecule has 2 N–H and O–H groups in total. The predicted molar refractivity (Wildman–Crippen MR) is 144 cm³/mol. The number of aliphatic hydroxyl groups excluding tert-OH is 1. The molecular formula is C30H35N3O3. The summed E-state index contributed by atoms with van der Waals surface area (Å²) in [5.41, 5.74) is 5.54. The fraction of sp³-hybridized carbons (Fsp3) is 0.367. The number of amides is 2. The smallest absolute Gasteiger partial charge is 0.322 e. The molecule has 6 nitrogen and oxygen atoms in total. The molecule has 2 fully saturated rings. The van der Waals surface area contributed by atoms with Gasteiger partial charge in [0.1, 0.15) is 5.75 Å². The Kier molecular flexibility index (Phi) is 7.25. The molecule has 188 valence electrons. The van der Waals surface area contributed by atoms with Crippen LogP contribution in [-0.2, 0) is 0 Å². The van der Waals surface area contributed by atoms with Crippen LogP contribution in [0.2, 0.25) is 0 Å². The zero-order valence-corrected chi connectivity index (χ0v) is 21.1. The van der Waals surface area contributed by atoms with Gasteiger partial charge in [-0.3, -0.25) is 4.90 Å². The number of rotatable bonds is 5.